The van der Waals surface area contributed by atoms with E-state index in [4.69, 9.17) is 17.3 Å². The third-order valence-corrected chi connectivity index (χ3v) is 4.77. The van der Waals surface area contributed by atoms with Crippen LogP contribution in [0.2, 0.25) is 5.15 Å². The van der Waals surface area contributed by atoms with Crippen molar-refractivity contribution in [2.75, 3.05) is 0 Å². The van der Waals surface area contributed by atoms with Crippen molar-refractivity contribution in [2.24, 2.45) is 12.8 Å². The Morgan fingerprint density at radius 2 is 1.92 bits per heavy atom. The van der Waals surface area contributed by atoms with Gasteiger partial charge in [0.2, 0.25) is 0 Å². The van der Waals surface area contributed by atoms with Gasteiger partial charge in [0.15, 0.2) is 0 Å². The highest BCUT2D eigenvalue weighted by Gasteiger charge is 2.20. The van der Waals surface area contributed by atoms with Crippen LogP contribution in [0.4, 0.5) is 0 Å². The number of carbonyl (C=O) groups is 1. The summed E-state index contributed by atoms with van der Waals surface area (Å²) in [5.74, 6) is -0.526. The molecule has 0 saturated carbocycles. The summed E-state index contributed by atoms with van der Waals surface area (Å²) < 4.78 is 3.73. The Hall–Kier alpha value is -2.79. The largest absolute Gasteiger partial charge is 0.365 e. The molecular weight excluding hydrogens is 324 g/mol. The minimum Gasteiger partial charge on any atom is -0.365 e. The van der Waals surface area contributed by atoms with Crippen LogP contribution in [0.15, 0.2) is 48.7 Å². The van der Waals surface area contributed by atoms with E-state index >= 15 is 0 Å². The van der Waals surface area contributed by atoms with Crippen molar-refractivity contribution in [2.45, 2.75) is 6.54 Å². The molecule has 0 unspecified atom stereocenters. The van der Waals surface area contributed by atoms with E-state index < -0.39 is 5.91 Å². The molecule has 0 atom stereocenters. The number of aromatic nitrogens is 3. The van der Waals surface area contributed by atoms with Crippen LogP contribution in [0.3, 0.4) is 0 Å². The van der Waals surface area contributed by atoms with E-state index in [1.54, 1.807) is 4.57 Å². The Labute approximate surface area is 143 Å². The zero-order valence-corrected chi connectivity index (χ0v) is 13.8. The number of fused-ring (bicyclic) bond motifs is 3. The van der Waals surface area contributed by atoms with E-state index in [-0.39, 0.29) is 0 Å². The maximum atomic E-state index is 11.7. The summed E-state index contributed by atoms with van der Waals surface area (Å²) in [6.07, 6.45) is 1.81. The molecule has 0 aliphatic rings. The van der Waals surface area contributed by atoms with Gasteiger partial charge in [-0.3, -0.25) is 9.48 Å². The molecule has 0 aliphatic heterocycles. The topological polar surface area (TPSA) is 65.8 Å². The molecule has 0 fully saturated rings. The highest BCUT2D eigenvalue weighted by molar-refractivity contribution is 6.36. The lowest BCUT2D eigenvalue weighted by Gasteiger charge is -2.05. The van der Waals surface area contributed by atoms with Gasteiger partial charge in [-0.2, -0.15) is 5.10 Å². The number of carbonyl (C=O) groups excluding carboxylic acids is 1. The summed E-state index contributed by atoms with van der Waals surface area (Å²) in [4.78, 5) is 11.7. The molecule has 4 aromatic rings. The van der Waals surface area contributed by atoms with Crippen molar-refractivity contribution in [1.82, 2.24) is 14.3 Å². The lowest BCUT2D eigenvalue weighted by Crippen LogP contribution is -2.11. The minimum absolute atomic E-state index is 0.348. The van der Waals surface area contributed by atoms with Gasteiger partial charge in [0.1, 0.15) is 5.15 Å². The van der Waals surface area contributed by atoms with Gasteiger partial charge in [-0.15, -0.1) is 0 Å². The molecule has 2 aromatic heterocycles. The zero-order chi connectivity index (χ0) is 16.8. The first-order valence-electron chi connectivity index (χ1n) is 7.54. The van der Waals surface area contributed by atoms with E-state index in [1.807, 2.05) is 48.3 Å². The molecule has 0 aliphatic carbocycles. The van der Waals surface area contributed by atoms with E-state index in [0.717, 1.165) is 21.8 Å². The fourth-order valence-electron chi connectivity index (χ4n) is 3.20. The monoisotopic (exact) mass is 338 g/mol. The van der Waals surface area contributed by atoms with E-state index in [0.29, 0.717) is 17.3 Å². The Bertz CT molecular complexity index is 1080. The average Bonchev–Trinajstić information content (AvgIpc) is 3.08. The molecule has 0 spiro atoms. The zero-order valence-electron chi connectivity index (χ0n) is 13.0. The molecule has 1 amide bonds. The molecule has 0 bridgehead atoms. The smallest absolute Gasteiger partial charge is 0.252 e. The van der Waals surface area contributed by atoms with Crippen molar-refractivity contribution in [1.29, 1.82) is 0 Å². The van der Waals surface area contributed by atoms with Crippen molar-refractivity contribution in [3.8, 4) is 0 Å². The highest BCUT2D eigenvalue weighted by Crippen LogP contribution is 2.34. The molecule has 2 aromatic carbocycles. The maximum Gasteiger partial charge on any atom is 0.252 e. The number of aryl methyl sites for hydroxylation is 1. The highest BCUT2D eigenvalue weighted by atomic mass is 35.5. The summed E-state index contributed by atoms with van der Waals surface area (Å²) in [6, 6.07) is 14.0. The number of primary amides is 1. The molecule has 2 N–H and O–H groups in total. The van der Waals surface area contributed by atoms with Crippen LogP contribution in [0, 0.1) is 0 Å². The number of amides is 1. The summed E-state index contributed by atoms with van der Waals surface area (Å²) in [5, 5.41) is 6.55. The Balaban J connectivity index is 1.95. The maximum absolute atomic E-state index is 11.7. The molecule has 2 heterocycles. The van der Waals surface area contributed by atoms with Crippen molar-refractivity contribution in [3.05, 3.63) is 64.9 Å². The van der Waals surface area contributed by atoms with Crippen LogP contribution in [-0.2, 0) is 13.6 Å². The first-order chi connectivity index (χ1) is 11.6. The summed E-state index contributed by atoms with van der Waals surface area (Å²) in [5.41, 5.74) is 8.87. The molecule has 6 heteroatoms. The van der Waals surface area contributed by atoms with Gasteiger partial charge in [0.25, 0.3) is 5.91 Å². The van der Waals surface area contributed by atoms with E-state index in [2.05, 4.69) is 17.2 Å². The van der Waals surface area contributed by atoms with Gasteiger partial charge in [-0.25, -0.2) is 0 Å². The summed E-state index contributed by atoms with van der Waals surface area (Å²) in [7, 11) is 1.82. The van der Waals surface area contributed by atoms with Crippen molar-refractivity contribution in [3.63, 3.8) is 0 Å². The fourth-order valence-corrected chi connectivity index (χ4v) is 3.48. The molecule has 120 valence electrons. The number of hydrogen-bond acceptors (Lipinski definition) is 2. The van der Waals surface area contributed by atoms with Crippen LogP contribution in [0.25, 0.3) is 21.8 Å². The van der Waals surface area contributed by atoms with E-state index in [1.165, 1.54) is 5.56 Å². The Morgan fingerprint density at radius 1 is 1.17 bits per heavy atom. The normalized spacial score (nSPS) is 11.4. The Kier molecular flexibility index (Phi) is 3.32. The Morgan fingerprint density at radius 3 is 2.62 bits per heavy atom. The van der Waals surface area contributed by atoms with Crippen LogP contribution < -0.4 is 5.73 Å². The van der Waals surface area contributed by atoms with Gasteiger partial charge in [0, 0.05) is 17.8 Å². The lowest BCUT2D eigenvalue weighted by atomic mass is 10.1. The van der Waals surface area contributed by atoms with Gasteiger partial charge in [0.05, 0.1) is 29.3 Å². The number of hydrogen-bond donors (Lipinski definition) is 1. The average molecular weight is 339 g/mol. The summed E-state index contributed by atoms with van der Waals surface area (Å²) >= 11 is 6.30. The van der Waals surface area contributed by atoms with Crippen LogP contribution in [0.5, 0.6) is 0 Å². The lowest BCUT2D eigenvalue weighted by molar-refractivity contribution is 0.100. The van der Waals surface area contributed by atoms with Gasteiger partial charge >= 0.3 is 0 Å². The molecule has 0 saturated heterocycles. The third-order valence-electron chi connectivity index (χ3n) is 4.33. The van der Waals surface area contributed by atoms with Gasteiger partial charge in [-0.05, 0) is 17.7 Å². The molecule has 4 rings (SSSR count). The summed E-state index contributed by atoms with van der Waals surface area (Å²) in [6.45, 7) is 0.677. The quantitative estimate of drug-likeness (QED) is 0.622. The van der Waals surface area contributed by atoms with E-state index in [9.17, 15) is 4.79 Å². The van der Waals surface area contributed by atoms with Crippen LogP contribution in [-0.4, -0.2) is 20.3 Å². The third kappa shape index (κ3) is 2.09. The predicted octanol–water partition coefficient (Wildman–Crippen LogP) is 3.33. The predicted molar refractivity (Wildman–Crippen MR) is 95.3 cm³/mol. The van der Waals surface area contributed by atoms with Gasteiger partial charge < -0.3 is 10.3 Å². The number of benzene rings is 2. The first-order valence-corrected chi connectivity index (χ1v) is 7.92. The van der Waals surface area contributed by atoms with Gasteiger partial charge in [-0.1, -0.05) is 41.9 Å². The second-order valence-corrected chi connectivity index (χ2v) is 6.13. The van der Waals surface area contributed by atoms with Crippen LogP contribution in [0.1, 0.15) is 15.9 Å². The molecule has 24 heavy (non-hydrogen) atoms. The second kappa shape index (κ2) is 5.39. The molecule has 5 nitrogen and oxygen atoms in total. The fraction of sp³-hybridized carbons (Fsp3) is 0.111. The number of halogens is 1. The number of nitrogens with zero attached hydrogens (tertiary/aromatic N) is 3. The van der Waals surface area contributed by atoms with Crippen LogP contribution >= 0.6 is 11.6 Å². The van der Waals surface area contributed by atoms with Crippen molar-refractivity contribution >= 4 is 39.3 Å². The number of rotatable bonds is 3. The van der Waals surface area contributed by atoms with Crippen molar-refractivity contribution < 1.29 is 4.79 Å². The minimum atomic E-state index is -0.526. The standard InChI is InChI=1S/C18H15ClN4O/c1-22-16-12(15(17(22)19)18(20)24)7-8-14-13(16)9-21-23(14)10-11-5-3-2-4-6-11/h2-9H,10H2,1H3,(H2,20,24). The molecule has 0 radical (unpaired) electrons. The SMILES string of the molecule is Cn1c(Cl)c(C(N)=O)c2ccc3c(cnn3Cc3ccccc3)c21. The first kappa shape index (κ1) is 14.8. The number of nitrogens with two attached hydrogens (primary N) is 1. The molecular formula is C18H15ClN4O. The second-order valence-electron chi connectivity index (χ2n) is 5.77.